The quantitative estimate of drug-likeness (QED) is 0.824. The van der Waals surface area contributed by atoms with E-state index in [2.05, 4.69) is 5.32 Å². The van der Waals surface area contributed by atoms with Gasteiger partial charge in [0.1, 0.15) is 0 Å². The number of carbonyl (C=O) groups is 1. The zero-order valence-electron chi connectivity index (χ0n) is 13.5. The first kappa shape index (κ1) is 22.3. The van der Waals surface area contributed by atoms with Crippen LogP contribution in [0, 0.1) is 5.92 Å². The molecule has 0 saturated heterocycles. The average Bonchev–Trinajstić information content (AvgIpc) is 2.41. The van der Waals surface area contributed by atoms with Crippen LogP contribution in [0.5, 0.6) is 0 Å². The zero-order chi connectivity index (χ0) is 15.4. The molecule has 1 amide bonds. The van der Waals surface area contributed by atoms with Gasteiger partial charge in [0.15, 0.2) is 0 Å². The number of anilines is 2. The molecule has 1 aromatic rings. The Balaban J connectivity index is 0.00000242. The van der Waals surface area contributed by atoms with Gasteiger partial charge in [0.2, 0.25) is 5.91 Å². The summed E-state index contributed by atoms with van der Waals surface area (Å²) in [5.41, 5.74) is 7.70. The number of nitrogens with zero attached hydrogens (tertiary/aromatic N) is 1. The Morgan fingerprint density at radius 2 is 1.96 bits per heavy atom. The van der Waals surface area contributed by atoms with Gasteiger partial charge >= 0.3 is 0 Å². The van der Waals surface area contributed by atoms with Crippen LogP contribution in [0.3, 0.4) is 0 Å². The fourth-order valence-corrected chi connectivity index (χ4v) is 3.34. The molecular formula is C16H26Cl3N3O. The number of benzene rings is 1. The van der Waals surface area contributed by atoms with Crippen LogP contribution in [0.1, 0.15) is 32.1 Å². The largest absolute Gasteiger partial charge is 0.375 e. The standard InChI is InChI=1S/C16H24ClN3O.2ClH/c1-20(2)16-12(17)7-5-9-14(16)19-15(21)10-11-6-3-4-8-13(11)18;;/h5,7,9,11,13H,3-4,6,8,10,18H2,1-2H3,(H,19,21);2*1H. The lowest BCUT2D eigenvalue weighted by Gasteiger charge is -2.28. The molecule has 2 unspecified atom stereocenters. The Bertz CT molecular complexity index is 511. The Hall–Kier alpha value is -0.680. The van der Waals surface area contributed by atoms with Crippen molar-refractivity contribution in [2.75, 3.05) is 24.3 Å². The van der Waals surface area contributed by atoms with Crippen LogP contribution in [-0.4, -0.2) is 26.0 Å². The summed E-state index contributed by atoms with van der Waals surface area (Å²) < 4.78 is 0. The summed E-state index contributed by atoms with van der Waals surface area (Å²) in [6, 6.07) is 5.69. The predicted octanol–water partition coefficient (Wildman–Crippen LogP) is 4.10. The van der Waals surface area contributed by atoms with Gasteiger partial charge in [-0.2, -0.15) is 0 Å². The highest BCUT2D eigenvalue weighted by molar-refractivity contribution is 6.34. The van der Waals surface area contributed by atoms with E-state index in [1.165, 1.54) is 12.8 Å². The summed E-state index contributed by atoms with van der Waals surface area (Å²) in [5.74, 6) is 0.309. The third kappa shape index (κ3) is 6.03. The first-order valence-corrected chi connectivity index (χ1v) is 7.88. The van der Waals surface area contributed by atoms with E-state index < -0.39 is 0 Å². The molecule has 3 N–H and O–H groups in total. The molecule has 23 heavy (non-hydrogen) atoms. The molecule has 0 aromatic heterocycles. The van der Waals surface area contributed by atoms with E-state index >= 15 is 0 Å². The molecule has 0 heterocycles. The molecule has 0 radical (unpaired) electrons. The van der Waals surface area contributed by atoms with Crippen molar-refractivity contribution < 1.29 is 4.79 Å². The van der Waals surface area contributed by atoms with E-state index in [1.807, 2.05) is 37.2 Å². The Kier molecular flexibility index (Phi) is 9.94. The van der Waals surface area contributed by atoms with Crippen LogP contribution >= 0.6 is 36.4 Å². The van der Waals surface area contributed by atoms with Crippen LogP contribution in [-0.2, 0) is 4.79 Å². The first-order valence-electron chi connectivity index (χ1n) is 7.50. The number of rotatable bonds is 4. The van der Waals surface area contributed by atoms with Gasteiger partial charge < -0.3 is 16.0 Å². The maximum Gasteiger partial charge on any atom is 0.224 e. The maximum atomic E-state index is 12.3. The SMILES string of the molecule is CN(C)c1c(Cl)cccc1NC(=O)CC1CCCCC1N.Cl.Cl. The fraction of sp³-hybridized carbons (Fsp3) is 0.562. The number of para-hydroxylation sites is 1. The van der Waals surface area contributed by atoms with Crippen molar-refractivity contribution in [1.82, 2.24) is 0 Å². The van der Waals surface area contributed by atoms with Gasteiger partial charge in [-0.3, -0.25) is 4.79 Å². The summed E-state index contributed by atoms with van der Waals surface area (Å²) in [4.78, 5) is 14.2. The van der Waals surface area contributed by atoms with Crippen molar-refractivity contribution in [3.05, 3.63) is 23.2 Å². The number of halogens is 3. The molecule has 7 heteroatoms. The number of nitrogens with two attached hydrogens (primary N) is 1. The van der Waals surface area contributed by atoms with Gasteiger partial charge in [0.05, 0.1) is 16.4 Å². The molecular weight excluding hydrogens is 357 g/mol. The van der Waals surface area contributed by atoms with E-state index in [-0.39, 0.29) is 36.8 Å². The van der Waals surface area contributed by atoms with Gasteiger partial charge in [-0.15, -0.1) is 24.8 Å². The van der Waals surface area contributed by atoms with Crippen LogP contribution in [0.15, 0.2) is 18.2 Å². The molecule has 0 bridgehead atoms. The molecule has 1 aliphatic carbocycles. The van der Waals surface area contributed by atoms with Crippen molar-refractivity contribution in [3.8, 4) is 0 Å². The lowest BCUT2D eigenvalue weighted by Crippen LogP contribution is -2.35. The van der Waals surface area contributed by atoms with Crippen molar-refractivity contribution in [1.29, 1.82) is 0 Å². The number of hydrogen-bond acceptors (Lipinski definition) is 3. The summed E-state index contributed by atoms with van der Waals surface area (Å²) in [6.07, 6.45) is 4.91. The van der Waals surface area contributed by atoms with E-state index in [1.54, 1.807) is 0 Å². The van der Waals surface area contributed by atoms with Crippen LogP contribution in [0.2, 0.25) is 5.02 Å². The minimum Gasteiger partial charge on any atom is -0.375 e. The second-order valence-corrected chi connectivity index (χ2v) is 6.40. The minimum atomic E-state index is 0. The number of nitrogens with one attached hydrogen (secondary N) is 1. The Morgan fingerprint density at radius 1 is 1.30 bits per heavy atom. The highest BCUT2D eigenvalue weighted by atomic mass is 35.5. The lowest BCUT2D eigenvalue weighted by molar-refractivity contribution is -0.117. The van der Waals surface area contributed by atoms with Crippen LogP contribution in [0.4, 0.5) is 11.4 Å². The van der Waals surface area contributed by atoms with Crippen LogP contribution < -0.4 is 16.0 Å². The third-order valence-electron chi connectivity index (χ3n) is 4.12. The van der Waals surface area contributed by atoms with E-state index in [0.29, 0.717) is 17.4 Å². The van der Waals surface area contributed by atoms with E-state index in [9.17, 15) is 4.79 Å². The average molecular weight is 383 g/mol. The zero-order valence-corrected chi connectivity index (χ0v) is 15.9. The van der Waals surface area contributed by atoms with Gasteiger partial charge in [-0.25, -0.2) is 0 Å². The highest BCUT2D eigenvalue weighted by Crippen LogP contribution is 2.33. The van der Waals surface area contributed by atoms with Crippen LogP contribution in [0.25, 0.3) is 0 Å². The lowest BCUT2D eigenvalue weighted by atomic mass is 9.83. The number of carbonyl (C=O) groups excluding carboxylic acids is 1. The van der Waals surface area contributed by atoms with Crippen molar-refractivity contribution in [3.63, 3.8) is 0 Å². The van der Waals surface area contributed by atoms with Gasteiger partial charge in [-0.05, 0) is 30.9 Å². The third-order valence-corrected chi connectivity index (χ3v) is 4.43. The monoisotopic (exact) mass is 381 g/mol. The summed E-state index contributed by atoms with van der Waals surface area (Å²) >= 11 is 6.21. The molecule has 4 nitrogen and oxygen atoms in total. The Labute approximate surface area is 155 Å². The molecule has 1 fully saturated rings. The minimum absolute atomic E-state index is 0. The molecule has 0 spiro atoms. The number of amides is 1. The topological polar surface area (TPSA) is 58.4 Å². The summed E-state index contributed by atoms with van der Waals surface area (Å²) in [5, 5.41) is 3.61. The summed E-state index contributed by atoms with van der Waals surface area (Å²) in [6.45, 7) is 0. The van der Waals surface area contributed by atoms with Gasteiger partial charge in [0.25, 0.3) is 0 Å². The first-order chi connectivity index (χ1) is 9.99. The smallest absolute Gasteiger partial charge is 0.224 e. The predicted molar refractivity (Wildman–Crippen MR) is 103 cm³/mol. The number of hydrogen-bond donors (Lipinski definition) is 2. The van der Waals surface area contributed by atoms with Crippen molar-refractivity contribution in [2.24, 2.45) is 11.7 Å². The molecule has 132 valence electrons. The van der Waals surface area contributed by atoms with Gasteiger partial charge in [0, 0.05) is 26.6 Å². The fourth-order valence-electron chi connectivity index (χ4n) is 3.00. The highest BCUT2D eigenvalue weighted by Gasteiger charge is 2.24. The van der Waals surface area contributed by atoms with E-state index in [4.69, 9.17) is 17.3 Å². The summed E-state index contributed by atoms with van der Waals surface area (Å²) in [7, 11) is 3.82. The molecule has 0 aliphatic heterocycles. The maximum absolute atomic E-state index is 12.3. The second-order valence-electron chi connectivity index (χ2n) is 5.99. The molecule has 1 saturated carbocycles. The second kappa shape index (κ2) is 10.2. The normalized spacial score (nSPS) is 20.0. The van der Waals surface area contributed by atoms with E-state index in [0.717, 1.165) is 24.2 Å². The molecule has 1 aliphatic rings. The van der Waals surface area contributed by atoms with Gasteiger partial charge in [-0.1, -0.05) is 30.5 Å². The molecule has 2 rings (SSSR count). The molecule has 2 atom stereocenters. The van der Waals surface area contributed by atoms with Crippen molar-refractivity contribution >= 4 is 53.7 Å². The molecule has 1 aromatic carbocycles. The Morgan fingerprint density at radius 3 is 2.57 bits per heavy atom. The van der Waals surface area contributed by atoms with Crippen molar-refractivity contribution in [2.45, 2.75) is 38.1 Å².